The third kappa shape index (κ3) is 4.10. The number of nitrogens with one attached hydrogen (secondary N) is 1. The predicted octanol–water partition coefficient (Wildman–Crippen LogP) is 7.35. The van der Waals surface area contributed by atoms with Crippen molar-refractivity contribution < 1.29 is 4.42 Å². The van der Waals surface area contributed by atoms with E-state index in [2.05, 4.69) is 16.4 Å². The van der Waals surface area contributed by atoms with E-state index in [4.69, 9.17) is 27.6 Å². The number of nitrogens with zero attached hydrogens (tertiary/aromatic N) is 2. The number of hydrogen-bond donors (Lipinski definition) is 1. The van der Waals surface area contributed by atoms with Crippen LogP contribution < -0.4 is 10.9 Å². The van der Waals surface area contributed by atoms with Crippen LogP contribution in [-0.4, -0.2) is 4.98 Å². The normalized spacial score (nSPS) is 11.6. The zero-order chi connectivity index (χ0) is 22.9. The number of rotatable bonds is 4. The molecule has 0 saturated heterocycles. The summed E-state index contributed by atoms with van der Waals surface area (Å²) in [4.78, 5) is 17.2. The summed E-state index contributed by atoms with van der Waals surface area (Å²) < 4.78 is 5.57. The smallest absolute Gasteiger partial charge is 0.345 e. The Morgan fingerprint density at radius 3 is 2.79 bits per heavy atom. The molecule has 8 heteroatoms. The number of hydrogen-bond acceptors (Lipinski definition) is 6. The van der Waals surface area contributed by atoms with Gasteiger partial charge >= 0.3 is 5.63 Å². The molecule has 0 aliphatic heterocycles. The molecule has 5 aromatic rings. The van der Waals surface area contributed by atoms with Crippen LogP contribution >= 0.6 is 34.5 Å². The minimum absolute atomic E-state index is 0.290. The van der Waals surface area contributed by atoms with Crippen molar-refractivity contribution in [3.05, 3.63) is 97.7 Å². The lowest BCUT2D eigenvalue weighted by atomic mass is 10.0. The molecule has 2 heterocycles. The van der Waals surface area contributed by atoms with Crippen molar-refractivity contribution in [3.63, 3.8) is 0 Å². The lowest BCUT2D eigenvalue weighted by Crippen LogP contribution is -2.03. The predicted molar refractivity (Wildman–Crippen MR) is 135 cm³/mol. The number of aromatic nitrogens is 1. The van der Waals surface area contributed by atoms with Crippen LogP contribution in [0.3, 0.4) is 0 Å². The monoisotopic (exact) mass is 489 g/mol. The first-order chi connectivity index (χ1) is 16.0. The summed E-state index contributed by atoms with van der Waals surface area (Å²) in [6, 6.07) is 20.5. The molecule has 0 aliphatic rings. The van der Waals surface area contributed by atoms with Crippen molar-refractivity contribution in [2.45, 2.75) is 0 Å². The quantitative estimate of drug-likeness (QED) is 0.162. The van der Waals surface area contributed by atoms with Crippen LogP contribution in [0.2, 0.25) is 10.0 Å². The molecule has 33 heavy (non-hydrogen) atoms. The molecule has 0 amide bonds. The average Bonchev–Trinajstić information content (AvgIpc) is 3.31. The van der Waals surface area contributed by atoms with E-state index in [0.29, 0.717) is 37.6 Å². The number of anilines is 1. The molecule has 5 rings (SSSR count). The van der Waals surface area contributed by atoms with Crippen LogP contribution in [0.5, 0.6) is 0 Å². The van der Waals surface area contributed by atoms with Gasteiger partial charge in [0.25, 0.3) is 0 Å². The molecular weight excluding hydrogens is 477 g/mol. The van der Waals surface area contributed by atoms with E-state index in [1.165, 1.54) is 17.5 Å². The molecule has 160 valence electrons. The minimum atomic E-state index is -0.485. The molecule has 0 radical (unpaired) electrons. The largest absolute Gasteiger partial charge is 0.422 e. The maximum Gasteiger partial charge on any atom is 0.345 e. The fourth-order valence-electron chi connectivity index (χ4n) is 3.47. The minimum Gasteiger partial charge on any atom is -0.422 e. The molecule has 0 saturated carbocycles. The number of fused-ring (bicyclic) bond motifs is 3. The lowest BCUT2D eigenvalue weighted by Gasteiger charge is -2.05. The van der Waals surface area contributed by atoms with Crippen LogP contribution in [-0.2, 0) is 0 Å². The third-order valence-corrected chi connectivity index (χ3v) is 6.51. The van der Waals surface area contributed by atoms with E-state index in [-0.39, 0.29) is 5.57 Å². The Balaban J connectivity index is 1.54. The number of thiazole rings is 1. The first kappa shape index (κ1) is 21.2. The van der Waals surface area contributed by atoms with E-state index in [1.54, 1.807) is 35.7 Å². The van der Waals surface area contributed by atoms with Crippen LogP contribution in [0.1, 0.15) is 5.01 Å². The Labute approximate surface area is 202 Å². The SMILES string of the molecule is N#C/C(=C/Nc1cc(Cl)ccc1Cl)c1nc(-c2cc3c(ccc4ccccc43)oc2=O)cs1. The topological polar surface area (TPSA) is 78.9 Å². The molecule has 5 nitrogen and oxygen atoms in total. The van der Waals surface area contributed by atoms with Crippen molar-refractivity contribution in [2.24, 2.45) is 0 Å². The molecule has 0 atom stereocenters. The molecule has 1 N–H and O–H groups in total. The van der Waals surface area contributed by atoms with Gasteiger partial charge in [-0.05, 0) is 41.1 Å². The van der Waals surface area contributed by atoms with Crippen LogP contribution in [0.15, 0.2) is 81.5 Å². The maximum atomic E-state index is 12.7. The molecule has 0 aliphatic carbocycles. The van der Waals surface area contributed by atoms with E-state index in [1.807, 2.05) is 30.3 Å². The van der Waals surface area contributed by atoms with Gasteiger partial charge < -0.3 is 9.73 Å². The number of allylic oxidation sites excluding steroid dienone is 1. The van der Waals surface area contributed by atoms with Crippen LogP contribution in [0.25, 0.3) is 38.6 Å². The molecular formula is C25H13Cl2N3O2S. The van der Waals surface area contributed by atoms with Crippen LogP contribution in [0, 0.1) is 11.3 Å². The lowest BCUT2D eigenvalue weighted by molar-refractivity contribution is 0.563. The zero-order valence-corrected chi connectivity index (χ0v) is 19.1. The summed E-state index contributed by atoms with van der Waals surface area (Å²) in [5.74, 6) is 0. The molecule has 0 spiro atoms. The van der Waals surface area contributed by atoms with E-state index in [0.717, 1.165) is 16.2 Å². The number of nitriles is 1. The third-order valence-electron chi connectivity index (χ3n) is 5.07. The van der Waals surface area contributed by atoms with Gasteiger partial charge in [0, 0.05) is 22.0 Å². The van der Waals surface area contributed by atoms with E-state index >= 15 is 0 Å². The molecule has 0 unspecified atom stereocenters. The fraction of sp³-hybridized carbons (Fsp3) is 0. The molecule has 2 aromatic heterocycles. The van der Waals surface area contributed by atoms with Gasteiger partial charge in [-0.25, -0.2) is 9.78 Å². The van der Waals surface area contributed by atoms with Gasteiger partial charge in [0.2, 0.25) is 0 Å². The Kier molecular flexibility index (Phi) is 5.61. The van der Waals surface area contributed by atoms with Crippen LogP contribution in [0.4, 0.5) is 5.69 Å². The van der Waals surface area contributed by atoms with Gasteiger partial charge in [-0.2, -0.15) is 5.26 Å². The highest BCUT2D eigenvalue weighted by molar-refractivity contribution is 7.11. The van der Waals surface area contributed by atoms with Gasteiger partial charge in [-0.3, -0.25) is 0 Å². The average molecular weight is 490 g/mol. The maximum absolute atomic E-state index is 12.7. The summed E-state index contributed by atoms with van der Waals surface area (Å²) in [6.07, 6.45) is 1.51. The van der Waals surface area contributed by atoms with Gasteiger partial charge in [0.15, 0.2) is 0 Å². The number of halogens is 2. The molecule has 3 aromatic carbocycles. The Hall–Kier alpha value is -3.63. The first-order valence-corrected chi connectivity index (χ1v) is 11.4. The second-order valence-corrected chi connectivity index (χ2v) is 8.82. The van der Waals surface area contributed by atoms with Crippen molar-refractivity contribution >= 4 is 67.5 Å². The highest BCUT2D eigenvalue weighted by Crippen LogP contribution is 2.30. The van der Waals surface area contributed by atoms with Crippen molar-refractivity contribution in [3.8, 4) is 17.3 Å². The van der Waals surface area contributed by atoms with Gasteiger partial charge in [0.05, 0.1) is 22.0 Å². The van der Waals surface area contributed by atoms with Gasteiger partial charge in [-0.1, -0.05) is 53.5 Å². The zero-order valence-electron chi connectivity index (χ0n) is 16.8. The van der Waals surface area contributed by atoms with Gasteiger partial charge in [0.1, 0.15) is 22.2 Å². The summed E-state index contributed by atoms with van der Waals surface area (Å²) in [7, 11) is 0. The van der Waals surface area contributed by atoms with Crippen molar-refractivity contribution in [1.82, 2.24) is 4.98 Å². The molecule has 0 fully saturated rings. The standard InChI is InChI=1S/C25H13Cl2N3O2S/c26-16-6-7-20(27)21(9-16)29-12-15(11-28)24-30-22(13-33-24)19-10-18-17-4-2-1-3-14(17)5-8-23(18)32-25(19)31/h1-10,12-13,29H/b15-12-. The van der Waals surface area contributed by atoms with Crippen molar-refractivity contribution in [1.29, 1.82) is 5.26 Å². The summed E-state index contributed by atoms with van der Waals surface area (Å²) in [5.41, 5.74) is 1.66. The second-order valence-electron chi connectivity index (χ2n) is 7.12. The van der Waals surface area contributed by atoms with E-state index in [9.17, 15) is 10.1 Å². The van der Waals surface area contributed by atoms with Crippen molar-refractivity contribution in [2.75, 3.05) is 5.32 Å². The highest BCUT2D eigenvalue weighted by atomic mass is 35.5. The summed E-state index contributed by atoms with van der Waals surface area (Å²) in [5, 5.41) is 18.7. The summed E-state index contributed by atoms with van der Waals surface area (Å²) >= 11 is 13.4. The number of benzene rings is 3. The first-order valence-electron chi connectivity index (χ1n) is 9.77. The molecule has 0 bridgehead atoms. The Morgan fingerprint density at radius 1 is 1.09 bits per heavy atom. The Morgan fingerprint density at radius 2 is 1.94 bits per heavy atom. The van der Waals surface area contributed by atoms with Gasteiger partial charge in [-0.15, -0.1) is 11.3 Å². The fourth-order valence-corrected chi connectivity index (χ4v) is 4.60. The highest BCUT2D eigenvalue weighted by Gasteiger charge is 2.15. The Bertz CT molecular complexity index is 1660. The summed E-state index contributed by atoms with van der Waals surface area (Å²) in [6.45, 7) is 0. The van der Waals surface area contributed by atoms with E-state index < -0.39 is 5.63 Å². The second kappa shape index (κ2) is 8.72.